The summed E-state index contributed by atoms with van der Waals surface area (Å²) in [5, 5.41) is 0.577. The molecule has 6 nitrogen and oxygen atoms in total. The van der Waals surface area contributed by atoms with Crippen LogP contribution in [0.15, 0.2) is 89.1 Å². The van der Waals surface area contributed by atoms with Crippen LogP contribution in [0.5, 0.6) is 5.75 Å². The number of ether oxygens (including phenoxy) is 1. The normalized spacial score (nSPS) is 11.1. The van der Waals surface area contributed by atoms with Crippen LogP contribution in [0.25, 0.3) is 16.0 Å². The number of rotatable bonds is 7. The van der Waals surface area contributed by atoms with Crippen LogP contribution in [0.3, 0.4) is 0 Å². The van der Waals surface area contributed by atoms with Gasteiger partial charge in [-0.3, -0.25) is 14.3 Å². The predicted molar refractivity (Wildman–Crippen MR) is 140 cm³/mol. The van der Waals surface area contributed by atoms with Gasteiger partial charge < -0.3 is 9.30 Å². The van der Waals surface area contributed by atoms with Gasteiger partial charge in [-0.25, -0.2) is 4.98 Å². The first-order valence-electron chi connectivity index (χ1n) is 10.5. The first-order valence-corrected chi connectivity index (χ1v) is 12.7. The third-order valence-corrected chi connectivity index (χ3v) is 7.72. The van der Waals surface area contributed by atoms with Gasteiger partial charge in [-0.05, 0) is 47.6 Å². The zero-order valence-corrected chi connectivity index (χ0v) is 20.7. The zero-order chi connectivity index (χ0) is 23.5. The Morgan fingerprint density at radius 1 is 1.00 bits per heavy atom. The number of pyridine rings is 1. The summed E-state index contributed by atoms with van der Waals surface area (Å²) in [4.78, 5) is 22.9. The molecule has 5 aromatic rings. The van der Waals surface area contributed by atoms with Crippen molar-refractivity contribution < 1.29 is 4.74 Å². The van der Waals surface area contributed by atoms with Gasteiger partial charge in [-0.1, -0.05) is 65.6 Å². The maximum atomic E-state index is 13.8. The van der Waals surface area contributed by atoms with Crippen LogP contribution in [0, 0.1) is 3.95 Å². The lowest BCUT2D eigenvalue weighted by atomic mass is 10.2. The number of fused-ring (bicyclic) bond motifs is 1. The summed E-state index contributed by atoms with van der Waals surface area (Å²) in [5.41, 5.74) is 3.28. The SMILES string of the molecule is COc1ccccc1-n1c(SCc2ccncc2)nc2c(sc(=S)n2Cc2ccccc2)c1=O. The minimum atomic E-state index is -0.158. The minimum Gasteiger partial charge on any atom is -0.495 e. The average Bonchev–Trinajstić information content (AvgIpc) is 3.19. The summed E-state index contributed by atoms with van der Waals surface area (Å²) < 4.78 is 10.3. The molecule has 9 heteroatoms. The monoisotopic (exact) mass is 504 g/mol. The van der Waals surface area contributed by atoms with E-state index >= 15 is 0 Å². The molecule has 2 aromatic carbocycles. The highest BCUT2D eigenvalue weighted by atomic mass is 32.2. The Bertz CT molecular complexity index is 1560. The second-order valence-corrected chi connectivity index (χ2v) is 10.0. The Balaban J connectivity index is 1.70. The number of nitrogens with zero attached hydrogens (tertiary/aromatic N) is 4. The van der Waals surface area contributed by atoms with Crippen molar-refractivity contribution >= 4 is 45.7 Å². The fourth-order valence-electron chi connectivity index (χ4n) is 3.63. The Hall–Kier alpha value is -3.27. The fourth-order valence-corrected chi connectivity index (χ4v) is 5.84. The predicted octanol–water partition coefficient (Wildman–Crippen LogP) is 5.72. The molecule has 3 aromatic heterocycles. The van der Waals surface area contributed by atoms with E-state index in [1.165, 1.54) is 23.1 Å². The summed E-state index contributed by atoms with van der Waals surface area (Å²) >= 11 is 8.45. The standard InChI is InChI=1S/C25H20N4O2S3/c1-31-20-10-6-5-9-19(20)29-23(30)21-22(27-24(29)33-16-18-11-13-26-14-12-18)28(25(32)34-21)15-17-7-3-2-4-8-17/h2-14H,15-16H2,1H3. The Kier molecular flexibility index (Phi) is 6.57. The molecule has 170 valence electrons. The highest BCUT2D eigenvalue weighted by Crippen LogP contribution is 2.30. The lowest BCUT2D eigenvalue weighted by Gasteiger charge is -2.15. The van der Waals surface area contributed by atoms with E-state index in [9.17, 15) is 4.79 Å². The smallest absolute Gasteiger partial charge is 0.278 e. The molecular formula is C25H20N4O2S3. The first kappa shape index (κ1) is 22.5. The van der Waals surface area contributed by atoms with Gasteiger partial charge in [0, 0.05) is 18.1 Å². The largest absolute Gasteiger partial charge is 0.495 e. The molecule has 0 unspecified atom stereocenters. The number of thiazole rings is 1. The molecule has 0 aliphatic rings. The van der Waals surface area contributed by atoms with Crippen LogP contribution in [0.1, 0.15) is 11.1 Å². The van der Waals surface area contributed by atoms with Gasteiger partial charge in [0.05, 0.1) is 19.3 Å². The lowest BCUT2D eigenvalue weighted by Crippen LogP contribution is -2.22. The van der Waals surface area contributed by atoms with Gasteiger partial charge >= 0.3 is 0 Å². The third-order valence-electron chi connectivity index (χ3n) is 5.29. The van der Waals surface area contributed by atoms with Crippen LogP contribution < -0.4 is 10.3 Å². The quantitative estimate of drug-likeness (QED) is 0.160. The molecular weight excluding hydrogens is 485 g/mol. The second kappa shape index (κ2) is 9.92. The highest BCUT2D eigenvalue weighted by molar-refractivity contribution is 7.98. The molecule has 0 saturated carbocycles. The molecule has 3 heterocycles. The second-order valence-electron chi connectivity index (χ2n) is 7.44. The van der Waals surface area contributed by atoms with Gasteiger partial charge in [-0.2, -0.15) is 0 Å². The van der Waals surface area contributed by atoms with Gasteiger partial charge in [0.1, 0.15) is 10.4 Å². The molecule has 5 rings (SSSR count). The molecule has 34 heavy (non-hydrogen) atoms. The van der Waals surface area contributed by atoms with Gasteiger partial charge in [0.2, 0.25) is 0 Å². The van der Waals surface area contributed by atoms with Crippen molar-refractivity contribution in [3.8, 4) is 11.4 Å². The van der Waals surface area contributed by atoms with Crippen molar-refractivity contribution in [2.24, 2.45) is 0 Å². The minimum absolute atomic E-state index is 0.158. The van der Waals surface area contributed by atoms with Crippen molar-refractivity contribution in [1.82, 2.24) is 19.1 Å². The van der Waals surface area contributed by atoms with E-state index in [2.05, 4.69) is 4.98 Å². The van der Waals surface area contributed by atoms with E-state index in [0.29, 0.717) is 43.2 Å². The number of hydrogen-bond acceptors (Lipinski definition) is 7. The number of methoxy groups -OCH3 is 1. The van der Waals surface area contributed by atoms with Crippen LogP contribution in [0.4, 0.5) is 0 Å². The van der Waals surface area contributed by atoms with Crippen molar-refractivity contribution in [1.29, 1.82) is 0 Å². The summed E-state index contributed by atoms with van der Waals surface area (Å²) in [7, 11) is 1.60. The molecule has 0 fully saturated rings. The van der Waals surface area contributed by atoms with Crippen molar-refractivity contribution in [3.05, 3.63) is 105 Å². The van der Waals surface area contributed by atoms with Crippen LogP contribution >= 0.6 is 35.3 Å². The van der Waals surface area contributed by atoms with Gasteiger partial charge in [0.15, 0.2) is 14.8 Å². The van der Waals surface area contributed by atoms with E-state index in [1.54, 1.807) is 24.1 Å². The third kappa shape index (κ3) is 4.42. The number of aromatic nitrogens is 4. The Morgan fingerprint density at radius 2 is 1.74 bits per heavy atom. The summed E-state index contributed by atoms with van der Waals surface area (Å²) in [6, 6.07) is 21.4. The van der Waals surface area contributed by atoms with Crippen LogP contribution in [-0.4, -0.2) is 26.2 Å². The summed E-state index contributed by atoms with van der Waals surface area (Å²) in [6.07, 6.45) is 3.52. The first-order chi connectivity index (χ1) is 16.7. The molecule has 0 N–H and O–H groups in total. The fraction of sp³-hybridized carbons (Fsp3) is 0.120. The van der Waals surface area contributed by atoms with E-state index < -0.39 is 0 Å². The van der Waals surface area contributed by atoms with E-state index in [4.69, 9.17) is 21.9 Å². The van der Waals surface area contributed by atoms with E-state index in [-0.39, 0.29) is 5.56 Å². The number of hydrogen-bond donors (Lipinski definition) is 0. The number of para-hydroxylation sites is 2. The molecule has 0 aliphatic heterocycles. The Morgan fingerprint density at radius 3 is 2.50 bits per heavy atom. The topological polar surface area (TPSA) is 61.9 Å². The Labute approximate surface area is 209 Å². The van der Waals surface area contributed by atoms with Gasteiger partial charge in [0.25, 0.3) is 5.56 Å². The maximum Gasteiger partial charge on any atom is 0.278 e. The molecule has 0 spiro atoms. The average molecular weight is 505 g/mol. The van der Waals surface area contributed by atoms with Crippen molar-refractivity contribution in [2.45, 2.75) is 17.5 Å². The molecule has 0 saturated heterocycles. The molecule has 0 atom stereocenters. The molecule has 0 bridgehead atoms. The maximum absolute atomic E-state index is 13.8. The molecule has 0 amide bonds. The summed E-state index contributed by atoms with van der Waals surface area (Å²) in [5.74, 6) is 1.24. The van der Waals surface area contributed by atoms with Crippen LogP contribution in [-0.2, 0) is 12.3 Å². The number of benzene rings is 2. The van der Waals surface area contributed by atoms with Crippen LogP contribution in [0.2, 0.25) is 0 Å². The molecule has 0 radical (unpaired) electrons. The summed E-state index contributed by atoms with van der Waals surface area (Å²) in [6.45, 7) is 0.555. The zero-order valence-electron chi connectivity index (χ0n) is 18.2. The highest BCUT2D eigenvalue weighted by Gasteiger charge is 2.20. The van der Waals surface area contributed by atoms with E-state index in [0.717, 1.165) is 11.1 Å². The molecule has 0 aliphatic carbocycles. The number of thioether (sulfide) groups is 1. The lowest BCUT2D eigenvalue weighted by molar-refractivity contribution is 0.411. The van der Waals surface area contributed by atoms with Crippen molar-refractivity contribution in [3.63, 3.8) is 0 Å². The van der Waals surface area contributed by atoms with E-state index in [1.807, 2.05) is 71.3 Å². The van der Waals surface area contributed by atoms with Gasteiger partial charge in [-0.15, -0.1) is 0 Å². The van der Waals surface area contributed by atoms with Crippen molar-refractivity contribution in [2.75, 3.05) is 7.11 Å².